The van der Waals surface area contributed by atoms with Crippen LogP contribution in [0.5, 0.6) is 0 Å². The molecule has 0 spiro atoms. The maximum absolute atomic E-state index is 13.1. The van der Waals surface area contributed by atoms with Crippen LogP contribution in [0.15, 0.2) is 18.2 Å². The van der Waals surface area contributed by atoms with Crippen LogP contribution in [0.1, 0.15) is 25.5 Å². The molecule has 1 aromatic carbocycles. The highest BCUT2D eigenvalue weighted by Gasteiger charge is 2.28. The van der Waals surface area contributed by atoms with Crippen molar-refractivity contribution in [1.82, 2.24) is 4.90 Å². The number of hydrogen-bond donors (Lipinski definition) is 1. The average Bonchev–Trinajstić information content (AvgIpc) is 2.28. The summed E-state index contributed by atoms with van der Waals surface area (Å²) in [6.07, 6.45) is 0. The molecule has 1 amide bonds. The summed E-state index contributed by atoms with van der Waals surface area (Å²) in [5.41, 5.74) is 0.0263. The van der Waals surface area contributed by atoms with Gasteiger partial charge in [-0.25, -0.2) is 13.6 Å². The number of aliphatic carboxylic acids is 1. The third-order valence-corrected chi connectivity index (χ3v) is 2.55. The maximum Gasteiger partial charge on any atom is 0.331 e. The number of carboxylic acids is 1. The fraction of sp³-hybridized carbons (Fsp3) is 0.333. The lowest BCUT2D eigenvalue weighted by molar-refractivity contribution is -0.149. The van der Waals surface area contributed by atoms with E-state index in [1.54, 1.807) is 6.92 Å². The van der Waals surface area contributed by atoms with Crippen molar-refractivity contribution in [2.75, 3.05) is 6.54 Å². The van der Waals surface area contributed by atoms with E-state index in [9.17, 15) is 18.4 Å². The number of carbonyl (C=O) groups is 2. The molecule has 0 aliphatic carbocycles. The van der Waals surface area contributed by atoms with Crippen LogP contribution in [0.25, 0.3) is 0 Å². The van der Waals surface area contributed by atoms with Crippen LogP contribution in [0.2, 0.25) is 0 Å². The van der Waals surface area contributed by atoms with E-state index in [1.807, 2.05) is 0 Å². The molecule has 0 aliphatic rings. The van der Waals surface area contributed by atoms with Crippen molar-refractivity contribution in [3.63, 3.8) is 0 Å². The summed E-state index contributed by atoms with van der Waals surface area (Å²) in [7, 11) is 0. The summed E-state index contributed by atoms with van der Waals surface area (Å²) < 4.78 is 25.9. The number of carbonyl (C=O) groups excluding carboxylic acids is 1. The van der Waals surface area contributed by atoms with Crippen molar-refractivity contribution in [3.05, 3.63) is 35.4 Å². The van der Waals surface area contributed by atoms with Gasteiger partial charge in [0.2, 0.25) is 5.91 Å². The molecule has 0 aromatic heterocycles. The SMILES string of the molecule is CCN(C(C)=O)[C@@H](C(=O)O)c1ccc(F)c(F)c1. The molecule has 0 heterocycles. The lowest BCUT2D eigenvalue weighted by Gasteiger charge is -2.26. The molecule has 0 saturated heterocycles. The Bertz CT molecular complexity index is 476. The number of likely N-dealkylation sites (N-methyl/N-ethyl adjacent to an activating group) is 1. The molecular weight excluding hydrogens is 244 g/mol. The van der Waals surface area contributed by atoms with Crippen molar-refractivity contribution in [1.29, 1.82) is 0 Å². The topological polar surface area (TPSA) is 57.6 Å². The van der Waals surface area contributed by atoms with Gasteiger partial charge in [0.1, 0.15) is 0 Å². The Morgan fingerprint density at radius 3 is 2.33 bits per heavy atom. The van der Waals surface area contributed by atoms with Crippen LogP contribution >= 0.6 is 0 Å². The second-order valence-electron chi connectivity index (χ2n) is 3.72. The average molecular weight is 257 g/mol. The molecule has 0 unspecified atom stereocenters. The van der Waals surface area contributed by atoms with Gasteiger partial charge >= 0.3 is 5.97 Å². The summed E-state index contributed by atoms with van der Waals surface area (Å²) in [5.74, 6) is -3.94. The minimum absolute atomic E-state index is 0.0263. The van der Waals surface area contributed by atoms with Gasteiger partial charge in [0.15, 0.2) is 17.7 Å². The summed E-state index contributed by atoms with van der Waals surface area (Å²) in [6.45, 7) is 2.99. The molecule has 0 saturated carbocycles. The van der Waals surface area contributed by atoms with Gasteiger partial charge in [-0.05, 0) is 24.6 Å². The minimum atomic E-state index is -1.32. The first-order valence-corrected chi connectivity index (χ1v) is 5.33. The fourth-order valence-corrected chi connectivity index (χ4v) is 1.73. The summed E-state index contributed by atoms with van der Waals surface area (Å²) in [4.78, 5) is 23.6. The third kappa shape index (κ3) is 2.82. The molecule has 0 radical (unpaired) electrons. The highest BCUT2D eigenvalue weighted by atomic mass is 19.2. The van der Waals surface area contributed by atoms with Crippen LogP contribution in [-0.4, -0.2) is 28.4 Å². The number of benzene rings is 1. The zero-order valence-electron chi connectivity index (χ0n) is 9.98. The van der Waals surface area contributed by atoms with Crippen LogP contribution < -0.4 is 0 Å². The summed E-state index contributed by atoms with van der Waals surface area (Å²) in [5, 5.41) is 9.13. The molecule has 0 fully saturated rings. The molecule has 1 rings (SSSR count). The summed E-state index contributed by atoms with van der Waals surface area (Å²) in [6, 6.07) is 1.47. The highest BCUT2D eigenvalue weighted by molar-refractivity contribution is 5.83. The zero-order chi connectivity index (χ0) is 13.9. The lowest BCUT2D eigenvalue weighted by Crippen LogP contribution is -2.37. The molecular formula is C12H13F2NO3. The molecule has 0 bridgehead atoms. The van der Waals surface area contributed by atoms with Gasteiger partial charge in [-0.2, -0.15) is 0 Å². The number of halogens is 2. The Balaban J connectivity index is 3.23. The van der Waals surface area contributed by atoms with E-state index in [0.717, 1.165) is 23.1 Å². The fourth-order valence-electron chi connectivity index (χ4n) is 1.73. The van der Waals surface area contributed by atoms with E-state index < -0.39 is 29.6 Å². The van der Waals surface area contributed by atoms with Crippen LogP contribution in [0, 0.1) is 11.6 Å². The molecule has 1 aromatic rings. The molecule has 4 nitrogen and oxygen atoms in total. The largest absolute Gasteiger partial charge is 0.479 e. The molecule has 6 heteroatoms. The third-order valence-electron chi connectivity index (χ3n) is 2.55. The van der Waals surface area contributed by atoms with Crippen LogP contribution in [0.4, 0.5) is 8.78 Å². The van der Waals surface area contributed by atoms with Gasteiger partial charge in [-0.1, -0.05) is 6.07 Å². The quantitative estimate of drug-likeness (QED) is 0.897. The second kappa shape index (κ2) is 5.57. The molecule has 18 heavy (non-hydrogen) atoms. The minimum Gasteiger partial charge on any atom is -0.479 e. The van der Waals surface area contributed by atoms with Crippen molar-refractivity contribution in [2.45, 2.75) is 19.9 Å². The number of hydrogen-bond acceptors (Lipinski definition) is 2. The van der Waals surface area contributed by atoms with Gasteiger partial charge in [-0.3, -0.25) is 4.79 Å². The van der Waals surface area contributed by atoms with E-state index in [1.165, 1.54) is 6.92 Å². The van der Waals surface area contributed by atoms with Crippen molar-refractivity contribution < 1.29 is 23.5 Å². The molecule has 0 aliphatic heterocycles. The monoisotopic (exact) mass is 257 g/mol. The Morgan fingerprint density at radius 2 is 1.94 bits per heavy atom. The Kier molecular flexibility index (Phi) is 4.36. The van der Waals surface area contributed by atoms with E-state index in [0.29, 0.717) is 0 Å². The normalized spacial score (nSPS) is 12.0. The number of rotatable bonds is 4. The predicted octanol–water partition coefficient (Wildman–Crippen LogP) is 1.96. The van der Waals surface area contributed by atoms with Gasteiger partial charge in [-0.15, -0.1) is 0 Å². The van der Waals surface area contributed by atoms with Crippen molar-refractivity contribution in [3.8, 4) is 0 Å². The zero-order valence-corrected chi connectivity index (χ0v) is 9.98. The van der Waals surface area contributed by atoms with Gasteiger partial charge in [0.05, 0.1) is 0 Å². The smallest absolute Gasteiger partial charge is 0.331 e. The van der Waals surface area contributed by atoms with Gasteiger partial charge < -0.3 is 10.0 Å². The Hall–Kier alpha value is -1.98. The molecule has 1 N–H and O–H groups in total. The van der Waals surface area contributed by atoms with Crippen LogP contribution in [0.3, 0.4) is 0 Å². The highest BCUT2D eigenvalue weighted by Crippen LogP contribution is 2.23. The number of carboxylic acid groups (broad SMARTS) is 1. The first-order chi connectivity index (χ1) is 8.38. The Morgan fingerprint density at radius 1 is 1.33 bits per heavy atom. The first-order valence-electron chi connectivity index (χ1n) is 5.33. The van der Waals surface area contributed by atoms with Gasteiger partial charge in [0, 0.05) is 13.5 Å². The van der Waals surface area contributed by atoms with Gasteiger partial charge in [0.25, 0.3) is 0 Å². The lowest BCUT2D eigenvalue weighted by atomic mass is 10.0. The van der Waals surface area contributed by atoms with E-state index >= 15 is 0 Å². The first kappa shape index (κ1) is 14.1. The van der Waals surface area contributed by atoms with E-state index in [-0.39, 0.29) is 12.1 Å². The van der Waals surface area contributed by atoms with E-state index in [2.05, 4.69) is 0 Å². The Labute approximate surface area is 103 Å². The predicted molar refractivity (Wildman–Crippen MR) is 59.8 cm³/mol. The van der Waals surface area contributed by atoms with Crippen molar-refractivity contribution in [2.24, 2.45) is 0 Å². The standard InChI is InChI=1S/C12H13F2NO3/c1-3-15(7(2)16)11(12(17)18)8-4-5-9(13)10(14)6-8/h4-6,11H,3H2,1-2H3,(H,17,18)/t11-/m1/s1. The molecule has 1 atom stereocenters. The van der Waals surface area contributed by atoms with Crippen molar-refractivity contribution >= 4 is 11.9 Å². The number of nitrogens with zero attached hydrogens (tertiary/aromatic N) is 1. The van der Waals surface area contributed by atoms with E-state index in [4.69, 9.17) is 5.11 Å². The van der Waals surface area contributed by atoms with Crippen LogP contribution in [-0.2, 0) is 9.59 Å². The summed E-state index contributed by atoms with van der Waals surface area (Å²) >= 11 is 0. The maximum atomic E-state index is 13.1. The second-order valence-corrected chi connectivity index (χ2v) is 3.72. The molecule has 98 valence electrons. The number of amides is 1.